The highest BCUT2D eigenvalue weighted by Gasteiger charge is 2.43. The summed E-state index contributed by atoms with van der Waals surface area (Å²) in [5.74, 6) is 0.0943. The van der Waals surface area contributed by atoms with E-state index >= 15 is 0 Å². The summed E-state index contributed by atoms with van der Waals surface area (Å²) in [5, 5.41) is 11.6. The Morgan fingerprint density at radius 1 is 1.35 bits per heavy atom. The second kappa shape index (κ2) is 5.20. The molecule has 1 saturated carbocycles. The molecule has 0 saturated heterocycles. The van der Waals surface area contributed by atoms with E-state index in [1.807, 2.05) is 30.5 Å². The zero-order chi connectivity index (χ0) is 16.0. The van der Waals surface area contributed by atoms with E-state index < -0.39 is 0 Å². The van der Waals surface area contributed by atoms with Crippen LogP contribution in [0.25, 0.3) is 17.0 Å². The number of nitrogens with one attached hydrogen (secondary N) is 1. The lowest BCUT2D eigenvalue weighted by molar-refractivity contribution is -0.112. The fourth-order valence-corrected chi connectivity index (χ4v) is 4.03. The number of ketones is 1. The molecule has 2 aliphatic carbocycles. The molecule has 1 aromatic carbocycles. The predicted molar refractivity (Wildman–Crippen MR) is 91.9 cm³/mol. The van der Waals surface area contributed by atoms with Crippen molar-refractivity contribution in [2.24, 2.45) is 5.41 Å². The summed E-state index contributed by atoms with van der Waals surface area (Å²) in [4.78, 5) is 15.8. The fraction of sp³-hybridized carbons (Fsp3) is 0.350. The van der Waals surface area contributed by atoms with Crippen molar-refractivity contribution in [3.63, 3.8) is 0 Å². The van der Waals surface area contributed by atoms with Crippen LogP contribution in [0.3, 0.4) is 0 Å². The first-order valence-electron chi connectivity index (χ1n) is 8.28. The van der Waals surface area contributed by atoms with Crippen molar-refractivity contribution in [1.29, 1.82) is 0 Å². The number of carbonyl (C=O) groups is 1. The minimum absolute atomic E-state index is 0.0943. The van der Waals surface area contributed by atoms with Gasteiger partial charge in [-0.25, -0.2) is 0 Å². The number of hydrogen-bond donors (Lipinski definition) is 2. The van der Waals surface area contributed by atoms with Gasteiger partial charge in [-0.2, -0.15) is 0 Å². The molecule has 0 aliphatic heterocycles. The lowest BCUT2D eigenvalue weighted by Gasteiger charge is -2.43. The van der Waals surface area contributed by atoms with Gasteiger partial charge in [0.1, 0.15) is 0 Å². The van der Waals surface area contributed by atoms with Crippen molar-refractivity contribution in [3.8, 4) is 0 Å². The Morgan fingerprint density at radius 2 is 2.17 bits per heavy atom. The summed E-state index contributed by atoms with van der Waals surface area (Å²) in [6.07, 6.45) is 8.69. The first kappa shape index (κ1) is 14.5. The minimum Gasteiger partial charge on any atom is -0.392 e. The Morgan fingerprint density at radius 3 is 3.04 bits per heavy atom. The van der Waals surface area contributed by atoms with Gasteiger partial charge in [0, 0.05) is 33.7 Å². The fourth-order valence-electron chi connectivity index (χ4n) is 4.03. The number of para-hydroxylation sites is 1. The average molecular weight is 307 g/mol. The summed E-state index contributed by atoms with van der Waals surface area (Å²) >= 11 is 0. The average Bonchev–Trinajstić information content (AvgIpc) is 2.94. The number of hydrogen-bond acceptors (Lipinski definition) is 2. The Labute approximate surface area is 135 Å². The molecule has 118 valence electrons. The molecule has 23 heavy (non-hydrogen) atoms. The Kier molecular flexibility index (Phi) is 3.27. The smallest absolute Gasteiger partial charge is 0.181 e. The van der Waals surface area contributed by atoms with E-state index in [0.29, 0.717) is 6.42 Å². The number of H-pyrrole nitrogens is 1. The van der Waals surface area contributed by atoms with Crippen LogP contribution in [0.1, 0.15) is 38.2 Å². The van der Waals surface area contributed by atoms with Crippen LogP contribution in [0.2, 0.25) is 0 Å². The molecule has 3 heteroatoms. The van der Waals surface area contributed by atoms with E-state index in [-0.39, 0.29) is 17.3 Å². The SMILES string of the molecule is C[C@]12CC(=Cc3c[nH]c4ccccc34)C(=O)C=C1CCC[C@@H]2O. The van der Waals surface area contributed by atoms with Crippen LogP contribution < -0.4 is 0 Å². The number of aromatic nitrogens is 1. The lowest BCUT2D eigenvalue weighted by atomic mass is 9.63. The topological polar surface area (TPSA) is 53.1 Å². The van der Waals surface area contributed by atoms with E-state index in [0.717, 1.165) is 46.9 Å². The Balaban J connectivity index is 1.77. The zero-order valence-corrected chi connectivity index (χ0v) is 13.3. The van der Waals surface area contributed by atoms with Gasteiger partial charge in [-0.1, -0.05) is 30.7 Å². The summed E-state index contributed by atoms with van der Waals surface area (Å²) in [6, 6.07) is 8.09. The number of carbonyl (C=O) groups excluding carboxylic acids is 1. The molecule has 0 bridgehead atoms. The molecular weight excluding hydrogens is 286 g/mol. The van der Waals surface area contributed by atoms with E-state index in [2.05, 4.69) is 18.0 Å². The molecule has 0 unspecified atom stereocenters. The van der Waals surface area contributed by atoms with Crippen LogP contribution in [0.4, 0.5) is 0 Å². The van der Waals surface area contributed by atoms with Gasteiger partial charge in [-0.15, -0.1) is 0 Å². The first-order valence-corrected chi connectivity index (χ1v) is 8.28. The highest BCUT2D eigenvalue weighted by atomic mass is 16.3. The summed E-state index contributed by atoms with van der Waals surface area (Å²) < 4.78 is 0. The second-order valence-corrected chi connectivity index (χ2v) is 7.00. The molecule has 2 aliphatic rings. The van der Waals surface area contributed by atoms with Crippen molar-refractivity contribution in [3.05, 3.63) is 53.2 Å². The molecule has 0 spiro atoms. The van der Waals surface area contributed by atoms with Crippen molar-refractivity contribution in [2.75, 3.05) is 0 Å². The largest absolute Gasteiger partial charge is 0.392 e. The zero-order valence-electron chi connectivity index (χ0n) is 13.3. The van der Waals surface area contributed by atoms with Crippen LogP contribution in [0, 0.1) is 5.41 Å². The summed E-state index contributed by atoms with van der Waals surface area (Å²) in [7, 11) is 0. The van der Waals surface area contributed by atoms with E-state index in [9.17, 15) is 9.90 Å². The minimum atomic E-state index is -0.359. The standard InChI is InChI=1S/C20H21NO2/c1-20-11-13(18(22)10-15(20)5-4-8-19(20)23)9-14-12-21-17-7-3-2-6-16(14)17/h2-3,6-7,9-10,12,19,21,23H,4-5,8,11H2,1H3/t19-,20-/m0/s1. The molecule has 2 aromatic rings. The maximum absolute atomic E-state index is 12.5. The monoisotopic (exact) mass is 307 g/mol. The third kappa shape index (κ3) is 2.27. The third-order valence-corrected chi connectivity index (χ3v) is 5.52. The van der Waals surface area contributed by atoms with E-state index in [1.165, 1.54) is 0 Å². The number of benzene rings is 1. The molecule has 1 fully saturated rings. The molecule has 2 atom stereocenters. The number of aromatic amines is 1. The highest BCUT2D eigenvalue weighted by molar-refractivity contribution is 6.09. The van der Waals surface area contributed by atoms with Gasteiger partial charge in [0.15, 0.2) is 5.78 Å². The maximum Gasteiger partial charge on any atom is 0.181 e. The normalized spacial score (nSPS) is 29.7. The predicted octanol–water partition coefficient (Wildman–Crippen LogP) is 4.00. The van der Waals surface area contributed by atoms with Crippen LogP contribution in [-0.4, -0.2) is 22.0 Å². The third-order valence-electron chi connectivity index (χ3n) is 5.52. The highest BCUT2D eigenvalue weighted by Crippen LogP contribution is 2.48. The lowest BCUT2D eigenvalue weighted by Crippen LogP contribution is -2.40. The van der Waals surface area contributed by atoms with E-state index in [4.69, 9.17) is 0 Å². The van der Waals surface area contributed by atoms with E-state index in [1.54, 1.807) is 6.08 Å². The first-order chi connectivity index (χ1) is 11.1. The van der Waals surface area contributed by atoms with Crippen LogP contribution >= 0.6 is 0 Å². The van der Waals surface area contributed by atoms with Crippen LogP contribution in [0.5, 0.6) is 0 Å². The number of aliphatic hydroxyl groups excluding tert-OH is 1. The van der Waals surface area contributed by atoms with Gasteiger partial charge in [0.25, 0.3) is 0 Å². The van der Waals surface area contributed by atoms with Crippen molar-refractivity contribution in [2.45, 2.75) is 38.7 Å². The van der Waals surface area contributed by atoms with Crippen LogP contribution in [0.15, 0.2) is 47.7 Å². The molecule has 4 rings (SSSR count). The van der Waals surface area contributed by atoms with Crippen LogP contribution in [-0.2, 0) is 4.79 Å². The molecule has 1 heterocycles. The molecule has 0 amide bonds. The van der Waals surface area contributed by atoms with Crippen molar-refractivity contribution < 1.29 is 9.90 Å². The Hall–Kier alpha value is -2.13. The number of rotatable bonds is 1. The van der Waals surface area contributed by atoms with Crippen molar-refractivity contribution >= 4 is 22.8 Å². The molecule has 2 N–H and O–H groups in total. The quantitative estimate of drug-likeness (QED) is 0.782. The molecule has 0 radical (unpaired) electrons. The number of fused-ring (bicyclic) bond motifs is 2. The van der Waals surface area contributed by atoms with Crippen molar-refractivity contribution in [1.82, 2.24) is 4.98 Å². The van der Waals surface area contributed by atoms with Gasteiger partial charge >= 0.3 is 0 Å². The number of allylic oxidation sites excluding steroid dienone is 2. The van der Waals surface area contributed by atoms with Gasteiger partial charge in [0.2, 0.25) is 0 Å². The van der Waals surface area contributed by atoms with Gasteiger partial charge in [0.05, 0.1) is 6.10 Å². The Bertz CT molecular complexity index is 842. The molecule has 1 aromatic heterocycles. The molecule has 3 nitrogen and oxygen atoms in total. The summed E-state index contributed by atoms with van der Waals surface area (Å²) in [5.41, 5.74) is 3.74. The van der Waals surface area contributed by atoms with Gasteiger partial charge in [-0.05, 0) is 43.9 Å². The number of aliphatic hydroxyl groups is 1. The van der Waals surface area contributed by atoms with Gasteiger partial charge < -0.3 is 10.1 Å². The maximum atomic E-state index is 12.5. The summed E-state index contributed by atoms with van der Waals surface area (Å²) in [6.45, 7) is 2.10. The van der Waals surface area contributed by atoms with Gasteiger partial charge in [-0.3, -0.25) is 4.79 Å². The second-order valence-electron chi connectivity index (χ2n) is 7.00. The molecular formula is C20H21NO2.